The Kier molecular flexibility index (Phi) is 5.45. The maximum atomic E-state index is 5.57. The third-order valence-corrected chi connectivity index (χ3v) is 3.06. The van der Waals surface area contributed by atoms with E-state index in [0.29, 0.717) is 6.04 Å². The highest BCUT2D eigenvalue weighted by Crippen LogP contribution is 2.15. The lowest BCUT2D eigenvalue weighted by Gasteiger charge is -2.37. The molecule has 1 saturated heterocycles. The first-order valence-electron chi connectivity index (χ1n) is 5.92. The fraction of sp³-hybridized carbons (Fsp3) is 1.00. The summed E-state index contributed by atoms with van der Waals surface area (Å²) in [6, 6.07) is 1.44. The fourth-order valence-electron chi connectivity index (χ4n) is 2.27. The van der Waals surface area contributed by atoms with Crippen molar-refractivity contribution in [1.29, 1.82) is 0 Å². The maximum Gasteiger partial charge on any atom is 0.0122 e. The SMILES string of the molecule is CC(C)N(CCCN)C1CCNCC1. The normalized spacial score (nSPS) is 19.5. The lowest BCUT2D eigenvalue weighted by Crippen LogP contribution is -2.47. The molecule has 1 aliphatic heterocycles. The molecule has 0 spiro atoms. The lowest BCUT2D eigenvalue weighted by atomic mass is 10.0. The van der Waals surface area contributed by atoms with Crippen molar-refractivity contribution < 1.29 is 0 Å². The zero-order chi connectivity index (χ0) is 10.4. The number of hydrogen-bond acceptors (Lipinski definition) is 3. The van der Waals surface area contributed by atoms with Gasteiger partial charge in [-0.25, -0.2) is 0 Å². The summed E-state index contributed by atoms with van der Waals surface area (Å²) in [6.45, 7) is 8.91. The van der Waals surface area contributed by atoms with Crippen LogP contribution in [0.5, 0.6) is 0 Å². The molecule has 3 N–H and O–H groups in total. The minimum Gasteiger partial charge on any atom is -0.330 e. The van der Waals surface area contributed by atoms with Crippen molar-refractivity contribution in [1.82, 2.24) is 10.2 Å². The third kappa shape index (κ3) is 3.56. The Balaban J connectivity index is 2.39. The van der Waals surface area contributed by atoms with Gasteiger partial charge in [0.1, 0.15) is 0 Å². The first-order valence-corrected chi connectivity index (χ1v) is 5.92. The van der Waals surface area contributed by atoms with Crippen LogP contribution in [0.15, 0.2) is 0 Å². The van der Waals surface area contributed by atoms with Gasteiger partial charge in [-0.2, -0.15) is 0 Å². The molecule has 0 aromatic heterocycles. The molecule has 0 saturated carbocycles. The van der Waals surface area contributed by atoms with E-state index in [-0.39, 0.29) is 0 Å². The second-order valence-electron chi connectivity index (χ2n) is 4.45. The Hall–Kier alpha value is -0.120. The quantitative estimate of drug-likeness (QED) is 0.688. The number of nitrogens with zero attached hydrogens (tertiary/aromatic N) is 1. The first-order chi connectivity index (χ1) is 6.75. The summed E-state index contributed by atoms with van der Waals surface area (Å²) in [5, 5.41) is 3.41. The molecule has 1 heterocycles. The molecular weight excluding hydrogens is 174 g/mol. The summed E-state index contributed by atoms with van der Waals surface area (Å²) in [5.74, 6) is 0. The molecule has 0 amide bonds. The van der Waals surface area contributed by atoms with Crippen LogP contribution in [0.2, 0.25) is 0 Å². The molecule has 1 rings (SSSR count). The van der Waals surface area contributed by atoms with Crippen molar-refractivity contribution in [2.75, 3.05) is 26.2 Å². The fourth-order valence-corrected chi connectivity index (χ4v) is 2.27. The Labute approximate surface area is 88.0 Å². The summed E-state index contributed by atoms with van der Waals surface area (Å²) in [4.78, 5) is 2.62. The zero-order valence-electron chi connectivity index (χ0n) is 9.63. The molecular formula is C11H25N3. The molecule has 0 unspecified atom stereocenters. The molecule has 3 heteroatoms. The van der Waals surface area contributed by atoms with Crippen LogP contribution in [0.1, 0.15) is 33.1 Å². The van der Waals surface area contributed by atoms with E-state index in [4.69, 9.17) is 5.73 Å². The lowest BCUT2D eigenvalue weighted by molar-refractivity contribution is 0.125. The summed E-state index contributed by atoms with van der Waals surface area (Å²) < 4.78 is 0. The summed E-state index contributed by atoms with van der Waals surface area (Å²) in [7, 11) is 0. The van der Waals surface area contributed by atoms with Gasteiger partial charge in [0.25, 0.3) is 0 Å². The van der Waals surface area contributed by atoms with Crippen LogP contribution in [0.3, 0.4) is 0 Å². The maximum absolute atomic E-state index is 5.57. The Morgan fingerprint density at radius 1 is 1.36 bits per heavy atom. The number of nitrogens with two attached hydrogens (primary N) is 1. The minimum absolute atomic E-state index is 0.657. The van der Waals surface area contributed by atoms with Crippen LogP contribution >= 0.6 is 0 Å². The second-order valence-corrected chi connectivity index (χ2v) is 4.45. The molecule has 0 radical (unpaired) electrons. The molecule has 0 atom stereocenters. The Morgan fingerprint density at radius 2 is 2.00 bits per heavy atom. The van der Waals surface area contributed by atoms with Gasteiger partial charge in [0, 0.05) is 12.1 Å². The van der Waals surface area contributed by atoms with Crippen LogP contribution in [-0.2, 0) is 0 Å². The van der Waals surface area contributed by atoms with Gasteiger partial charge >= 0.3 is 0 Å². The van der Waals surface area contributed by atoms with Crippen molar-refractivity contribution in [3.05, 3.63) is 0 Å². The number of rotatable bonds is 5. The number of nitrogens with one attached hydrogen (secondary N) is 1. The monoisotopic (exact) mass is 199 g/mol. The molecule has 0 aromatic carbocycles. The zero-order valence-corrected chi connectivity index (χ0v) is 9.63. The predicted molar refractivity (Wildman–Crippen MR) is 61.4 cm³/mol. The standard InChI is InChI=1S/C11H25N3/c1-10(2)14(9-3-6-12)11-4-7-13-8-5-11/h10-11,13H,3-9,12H2,1-2H3. The van der Waals surface area contributed by atoms with E-state index in [1.165, 1.54) is 32.5 Å². The van der Waals surface area contributed by atoms with Gasteiger partial charge in [0.2, 0.25) is 0 Å². The van der Waals surface area contributed by atoms with E-state index in [1.807, 2.05) is 0 Å². The molecule has 3 nitrogen and oxygen atoms in total. The van der Waals surface area contributed by atoms with Gasteiger partial charge in [-0.05, 0) is 59.3 Å². The van der Waals surface area contributed by atoms with Crippen molar-refractivity contribution in [2.45, 2.75) is 45.2 Å². The smallest absolute Gasteiger partial charge is 0.0122 e. The van der Waals surface area contributed by atoms with Crippen molar-refractivity contribution >= 4 is 0 Å². The van der Waals surface area contributed by atoms with Gasteiger partial charge in [-0.15, -0.1) is 0 Å². The van der Waals surface area contributed by atoms with E-state index < -0.39 is 0 Å². The van der Waals surface area contributed by atoms with Crippen LogP contribution < -0.4 is 11.1 Å². The second kappa shape index (κ2) is 6.38. The molecule has 84 valence electrons. The molecule has 1 fully saturated rings. The molecule has 0 aromatic rings. The van der Waals surface area contributed by atoms with Crippen LogP contribution in [0, 0.1) is 0 Å². The Bertz CT molecular complexity index is 141. The Morgan fingerprint density at radius 3 is 2.50 bits per heavy atom. The molecule has 1 aliphatic rings. The highest BCUT2D eigenvalue weighted by molar-refractivity contribution is 4.79. The summed E-state index contributed by atoms with van der Waals surface area (Å²) in [5.41, 5.74) is 5.57. The predicted octanol–water partition coefficient (Wildman–Crippen LogP) is 0.798. The van der Waals surface area contributed by atoms with E-state index in [1.54, 1.807) is 0 Å². The van der Waals surface area contributed by atoms with E-state index in [9.17, 15) is 0 Å². The number of hydrogen-bond donors (Lipinski definition) is 2. The van der Waals surface area contributed by atoms with Gasteiger partial charge < -0.3 is 11.1 Å². The average molecular weight is 199 g/mol. The van der Waals surface area contributed by atoms with Crippen molar-refractivity contribution in [2.24, 2.45) is 5.73 Å². The first kappa shape index (κ1) is 12.0. The molecule has 0 aliphatic carbocycles. The largest absolute Gasteiger partial charge is 0.330 e. The highest BCUT2D eigenvalue weighted by Gasteiger charge is 2.22. The van der Waals surface area contributed by atoms with Gasteiger partial charge in [0.05, 0.1) is 0 Å². The van der Waals surface area contributed by atoms with Crippen LogP contribution in [0.25, 0.3) is 0 Å². The van der Waals surface area contributed by atoms with Crippen LogP contribution in [0.4, 0.5) is 0 Å². The highest BCUT2D eigenvalue weighted by atomic mass is 15.2. The van der Waals surface area contributed by atoms with Crippen molar-refractivity contribution in [3.63, 3.8) is 0 Å². The van der Waals surface area contributed by atoms with E-state index >= 15 is 0 Å². The molecule has 14 heavy (non-hydrogen) atoms. The van der Waals surface area contributed by atoms with Crippen LogP contribution in [-0.4, -0.2) is 43.2 Å². The molecule has 0 bridgehead atoms. The minimum atomic E-state index is 0.657. The van der Waals surface area contributed by atoms with Gasteiger partial charge in [0.15, 0.2) is 0 Å². The third-order valence-electron chi connectivity index (χ3n) is 3.06. The van der Waals surface area contributed by atoms with E-state index in [2.05, 4.69) is 24.1 Å². The van der Waals surface area contributed by atoms with Crippen molar-refractivity contribution in [3.8, 4) is 0 Å². The average Bonchev–Trinajstić information content (AvgIpc) is 2.19. The summed E-state index contributed by atoms with van der Waals surface area (Å²) in [6.07, 6.45) is 3.72. The van der Waals surface area contributed by atoms with E-state index in [0.717, 1.165) is 19.0 Å². The topological polar surface area (TPSA) is 41.3 Å². The summed E-state index contributed by atoms with van der Waals surface area (Å²) >= 11 is 0. The van der Waals surface area contributed by atoms with Gasteiger partial charge in [-0.1, -0.05) is 0 Å². The number of piperidine rings is 1. The van der Waals surface area contributed by atoms with Gasteiger partial charge in [-0.3, -0.25) is 4.90 Å².